The van der Waals surface area contributed by atoms with Gasteiger partial charge in [0.05, 0.1) is 6.20 Å². The molecule has 3 aliphatic rings. The summed E-state index contributed by atoms with van der Waals surface area (Å²) in [7, 11) is 0. The molecule has 1 aromatic heterocycles. The number of para-hydroxylation sites is 1. The lowest BCUT2D eigenvalue weighted by Gasteiger charge is -2.43. The van der Waals surface area contributed by atoms with Gasteiger partial charge in [-0.25, -0.2) is 9.97 Å². The van der Waals surface area contributed by atoms with E-state index < -0.39 is 0 Å². The second-order valence-corrected chi connectivity index (χ2v) is 9.64. The monoisotopic (exact) mass is 455 g/mol. The third-order valence-corrected chi connectivity index (χ3v) is 7.91. The Labute approximate surface area is 199 Å². The first-order chi connectivity index (χ1) is 16.7. The standard InChI is InChI=1S/C27H29N5O2/c28-25-21-7-3-1-6-20(21)15-27(25)10-13-31(14-11-27)26-22(17-34-18-33)30-24(16-29-26)32-12-9-19-5-2-4-8-23(19)32/h1-8,16,18,25H,9-15,17,28H2/t25-/m1/s1. The van der Waals surface area contributed by atoms with Crippen molar-refractivity contribution in [3.8, 4) is 0 Å². The highest BCUT2D eigenvalue weighted by Crippen LogP contribution is 2.51. The van der Waals surface area contributed by atoms with Gasteiger partial charge in [-0.15, -0.1) is 0 Å². The van der Waals surface area contributed by atoms with Crippen LogP contribution in [0.5, 0.6) is 0 Å². The minimum atomic E-state index is 0.0763. The molecule has 7 nitrogen and oxygen atoms in total. The summed E-state index contributed by atoms with van der Waals surface area (Å²) in [6, 6.07) is 17.0. The zero-order chi connectivity index (χ0) is 23.1. The molecule has 0 bridgehead atoms. The second kappa shape index (κ2) is 8.40. The van der Waals surface area contributed by atoms with E-state index in [9.17, 15) is 4.79 Å². The van der Waals surface area contributed by atoms with Crippen LogP contribution in [0.1, 0.15) is 41.3 Å². The second-order valence-electron chi connectivity index (χ2n) is 9.64. The summed E-state index contributed by atoms with van der Waals surface area (Å²) in [4.78, 5) is 25.2. The van der Waals surface area contributed by atoms with Gasteiger partial charge in [0.1, 0.15) is 12.3 Å². The molecule has 2 N–H and O–H groups in total. The van der Waals surface area contributed by atoms with E-state index in [0.717, 1.165) is 57.0 Å². The van der Waals surface area contributed by atoms with Crippen LogP contribution in [-0.2, 0) is 29.0 Å². The zero-order valence-electron chi connectivity index (χ0n) is 19.2. The molecule has 3 aromatic rings. The molecule has 0 radical (unpaired) electrons. The Morgan fingerprint density at radius 2 is 1.82 bits per heavy atom. The first-order valence-electron chi connectivity index (χ1n) is 12.0. The van der Waals surface area contributed by atoms with Crippen molar-refractivity contribution in [2.45, 2.75) is 38.3 Å². The van der Waals surface area contributed by atoms with E-state index in [1.165, 1.54) is 22.4 Å². The summed E-state index contributed by atoms with van der Waals surface area (Å²) in [5, 5.41) is 0. The fraction of sp³-hybridized carbons (Fsp3) is 0.370. The average Bonchev–Trinajstić information content (AvgIpc) is 3.43. The number of hydrogen-bond donors (Lipinski definition) is 1. The number of fused-ring (bicyclic) bond motifs is 2. The number of anilines is 3. The Morgan fingerprint density at radius 3 is 2.62 bits per heavy atom. The number of piperidine rings is 1. The van der Waals surface area contributed by atoms with Gasteiger partial charge >= 0.3 is 0 Å². The number of rotatable bonds is 5. The Bertz CT molecular complexity index is 1220. The zero-order valence-corrected chi connectivity index (χ0v) is 19.2. The van der Waals surface area contributed by atoms with Crippen molar-refractivity contribution in [2.24, 2.45) is 11.1 Å². The molecule has 1 atom stereocenters. The number of ether oxygens (including phenoxy) is 1. The number of benzene rings is 2. The van der Waals surface area contributed by atoms with E-state index in [4.69, 9.17) is 20.4 Å². The fourth-order valence-corrected chi connectivity index (χ4v) is 6.06. The molecular formula is C27H29N5O2. The molecule has 0 amide bonds. The van der Waals surface area contributed by atoms with Gasteiger partial charge in [0.15, 0.2) is 11.6 Å². The van der Waals surface area contributed by atoms with Crippen molar-refractivity contribution >= 4 is 23.8 Å². The van der Waals surface area contributed by atoms with Gasteiger partial charge in [-0.3, -0.25) is 4.79 Å². The van der Waals surface area contributed by atoms with Crippen LogP contribution >= 0.6 is 0 Å². The molecule has 0 saturated carbocycles. The molecule has 3 heterocycles. The van der Waals surface area contributed by atoms with Gasteiger partial charge in [0, 0.05) is 31.4 Å². The number of nitrogens with two attached hydrogens (primary N) is 1. The summed E-state index contributed by atoms with van der Waals surface area (Å²) in [5.74, 6) is 1.59. The number of nitrogens with zero attached hydrogens (tertiary/aromatic N) is 4. The predicted octanol–water partition coefficient (Wildman–Crippen LogP) is 3.69. The quantitative estimate of drug-likeness (QED) is 0.588. The molecule has 1 aliphatic carbocycles. The molecule has 34 heavy (non-hydrogen) atoms. The van der Waals surface area contributed by atoms with Gasteiger partial charge in [-0.2, -0.15) is 0 Å². The van der Waals surface area contributed by atoms with Crippen molar-refractivity contribution in [1.29, 1.82) is 0 Å². The first kappa shape index (κ1) is 21.1. The Kier molecular flexibility index (Phi) is 5.21. The molecule has 6 rings (SSSR count). The molecule has 1 spiro atoms. The third kappa shape index (κ3) is 3.42. The molecule has 0 unspecified atom stereocenters. The van der Waals surface area contributed by atoms with E-state index in [1.807, 2.05) is 12.3 Å². The molecule has 174 valence electrons. The summed E-state index contributed by atoms with van der Waals surface area (Å²) < 4.78 is 5.14. The SMILES string of the molecule is N[C@@H]1c2ccccc2CC12CCN(c1ncc(N3CCc4ccccc43)nc1COC=O)CC2. The van der Waals surface area contributed by atoms with Crippen molar-refractivity contribution in [3.63, 3.8) is 0 Å². The van der Waals surface area contributed by atoms with Crippen molar-refractivity contribution in [3.05, 3.63) is 77.1 Å². The van der Waals surface area contributed by atoms with Gasteiger partial charge < -0.3 is 20.3 Å². The van der Waals surface area contributed by atoms with Crippen molar-refractivity contribution in [1.82, 2.24) is 9.97 Å². The van der Waals surface area contributed by atoms with Gasteiger partial charge in [0.2, 0.25) is 0 Å². The summed E-state index contributed by atoms with van der Waals surface area (Å²) >= 11 is 0. The molecule has 7 heteroatoms. The van der Waals surface area contributed by atoms with Crippen LogP contribution in [0, 0.1) is 5.41 Å². The lowest BCUT2D eigenvalue weighted by Crippen LogP contribution is -2.45. The number of carbonyl (C=O) groups is 1. The minimum Gasteiger partial charge on any atom is -0.461 e. The van der Waals surface area contributed by atoms with Crippen LogP contribution in [0.2, 0.25) is 0 Å². The largest absolute Gasteiger partial charge is 0.461 e. The van der Waals surface area contributed by atoms with Crippen molar-refractivity contribution in [2.75, 3.05) is 29.4 Å². The number of aromatic nitrogens is 2. The van der Waals surface area contributed by atoms with Crippen LogP contribution in [0.25, 0.3) is 0 Å². The third-order valence-electron chi connectivity index (χ3n) is 7.91. The highest BCUT2D eigenvalue weighted by molar-refractivity contribution is 5.68. The van der Waals surface area contributed by atoms with E-state index in [2.05, 4.69) is 52.3 Å². The molecule has 1 saturated heterocycles. The number of carbonyl (C=O) groups excluding carboxylic acids is 1. The van der Waals surface area contributed by atoms with Gasteiger partial charge in [-0.05, 0) is 53.9 Å². The normalized spacial score (nSPS) is 20.3. The van der Waals surface area contributed by atoms with Crippen molar-refractivity contribution < 1.29 is 9.53 Å². The lowest BCUT2D eigenvalue weighted by molar-refractivity contribution is -0.129. The Balaban J connectivity index is 1.24. The Hall–Kier alpha value is -3.45. The average molecular weight is 456 g/mol. The van der Waals surface area contributed by atoms with E-state index in [1.54, 1.807) is 0 Å². The highest BCUT2D eigenvalue weighted by Gasteiger charge is 2.46. The van der Waals surface area contributed by atoms with E-state index in [0.29, 0.717) is 12.2 Å². The van der Waals surface area contributed by atoms with Crippen LogP contribution < -0.4 is 15.5 Å². The summed E-state index contributed by atoms with van der Waals surface area (Å²) in [5.41, 5.74) is 12.7. The van der Waals surface area contributed by atoms with Crippen LogP contribution in [0.3, 0.4) is 0 Å². The van der Waals surface area contributed by atoms with E-state index >= 15 is 0 Å². The summed E-state index contributed by atoms with van der Waals surface area (Å²) in [6.45, 7) is 3.17. The number of hydrogen-bond acceptors (Lipinski definition) is 7. The molecule has 2 aromatic carbocycles. The maximum Gasteiger partial charge on any atom is 0.293 e. The topological polar surface area (TPSA) is 84.6 Å². The molecule has 2 aliphatic heterocycles. The smallest absolute Gasteiger partial charge is 0.293 e. The first-order valence-corrected chi connectivity index (χ1v) is 12.0. The van der Waals surface area contributed by atoms with Crippen LogP contribution in [-0.4, -0.2) is 36.1 Å². The van der Waals surface area contributed by atoms with E-state index in [-0.39, 0.29) is 18.1 Å². The maximum atomic E-state index is 11.0. The van der Waals surface area contributed by atoms with Crippen LogP contribution in [0.15, 0.2) is 54.7 Å². The molecular weight excluding hydrogens is 426 g/mol. The minimum absolute atomic E-state index is 0.0763. The molecule has 1 fully saturated rings. The summed E-state index contributed by atoms with van der Waals surface area (Å²) in [6.07, 6.45) is 5.87. The fourth-order valence-electron chi connectivity index (χ4n) is 6.06. The van der Waals surface area contributed by atoms with Crippen LogP contribution in [0.4, 0.5) is 17.3 Å². The van der Waals surface area contributed by atoms with Gasteiger partial charge in [-0.1, -0.05) is 42.5 Å². The predicted molar refractivity (Wildman–Crippen MR) is 131 cm³/mol. The highest BCUT2D eigenvalue weighted by atomic mass is 16.5. The van der Waals surface area contributed by atoms with Gasteiger partial charge in [0.25, 0.3) is 6.47 Å². The lowest BCUT2D eigenvalue weighted by atomic mass is 9.73. The Morgan fingerprint density at radius 1 is 1.06 bits per heavy atom. The maximum absolute atomic E-state index is 11.0.